The van der Waals surface area contributed by atoms with Gasteiger partial charge in [0.25, 0.3) is 5.91 Å². The van der Waals surface area contributed by atoms with Crippen molar-refractivity contribution < 1.29 is 9.53 Å². The molecule has 4 aromatic rings. The molecular formula is C26H26N10O2. The van der Waals surface area contributed by atoms with E-state index in [1.807, 2.05) is 30.3 Å². The number of hydrogen-bond donors (Lipinski definition) is 4. The van der Waals surface area contributed by atoms with Crippen molar-refractivity contribution >= 4 is 28.9 Å². The number of carbonyl (C=O) groups is 1. The van der Waals surface area contributed by atoms with Crippen LogP contribution in [0.15, 0.2) is 48.9 Å². The molecular weight excluding hydrogens is 484 g/mol. The average molecular weight is 511 g/mol. The second-order valence-corrected chi connectivity index (χ2v) is 8.51. The minimum atomic E-state index is -0.393. The lowest BCUT2D eigenvalue weighted by Gasteiger charge is -2.21. The highest BCUT2D eigenvalue weighted by molar-refractivity contribution is 5.99. The maximum atomic E-state index is 12.6. The third-order valence-corrected chi connectivity index (χ3v) is 5.79. The Bertz CT molecular complexity index is 1520. The third-order valence-electron chi connectivity index (χ3n) is 5.79. The first-order valence-electron chi connectivity index (χ1n) is 11.9. The number of nitrogens with one attached hydrogen (secondary N) is 4. The van der Waals surface area contributed by atoms with Gasteiger partial charge in [-0.2, -0.15) is 5.10 Å². The largest absolute Gasteiger partial charge is 0.494 e. The molecule has 12 heteroatoms. The van der Waals surface area contributed by atoms with E-state index in [-0.39, 0.29) is 5.69 Å². The van der Waals surface area contributed by atoms with Crippen molar-refractivity contribution in [3.05, 3.63) is 60.2 Å². The number of aryl methyl sites for hydroxylation is 1. The lowest BCUT2D eigenvalue weighted by molar-refractivity contribution is 0.0958. The number of ether oxygens (including phenoxy) is 1. The third kappa shape index (κ3) is 5.37. The molecule has 1 saturated heterocycles. The maximum absolute atomic E-state index is 12.6. The summed E-state index contributed by atoms with van der Waals surface area (Å²) >= 11 is 0. The number of benzene rings is 1. The fourth-order valence-corrected chi connectivity index (χ4v) is 3.72. The number of para-hydroxylation sites is 1. The van der Waals surface area contributed by atoms with Gasteiger partial charge in [-0.15, -0.1) is 10.2 Å². The number of hydrogen-bond acceptors (Lipinski definition) is 10. The monoisotopic (exact) mass is 510 g/mol. The molecule has 3 aromatic heterocycles. The van der Waals surface area contributed by atoms with Crippen LogP contribution in [0.5, 0.6) is 5.75 Å². The van der Waals surface area contributed by atoms with Crippen LogP contribution >= 0.6 is 0 Å². The molecule has 1 aliphatic rings. The Kier molecular flexibility index (Phi) is 7.10. The van der Waals surface area contributed by atoms with E-state index < -0.39 is 5.91 Å². The minimum Gasteiger partial charge on any atom is -0.494 e. The van der Waals surface area contributed by atoms with Crippen LogP contribution in [0.2, 0.25) is 0 Å². The molecule has 1 fully saturated rings. The molecule has 4 N–H and O–H groups in total. The molecule has 192 valence electrons. The van der Waals surface area contributed by atoms with E-state index in [9.17, 15) is 4.79 Å². The van der Waals surface area contributed by atoms with Crippen LogP contribution in [-0.2, 0) is 7.05 Å². The summed E-state index contributed by atoms with van der Waals surface area (Å²) in [6, 6.07) is 10.9. The predicted molar refractivity (Wildman–Crippen MR) is 142 cm³/mol. The molecule has 4 heterocycles. The molecule has 0 radical (unpaired) electrons. The van der Waals surface area contributed by atoms with Gasteiger partial charge in [-0.3, -0.25) is 9.48 Å². The second-order valence-electron chi connectivity index (χ2n) is 8.51. The van der Waals surface area contributed by atoms with Crippen molar-refractivity contribution in [2.45, 2.75) is 0 Å². The number of carbonyl (C=O) groups excluding carboxylic acids is 1. The minimum absolute atomic E-state index is 0.116. The van der Waals surface area contributed by atoms with Gasteiger partial charge in [-0.25, -0.2) is 9.97 Å². The standard InChI is InChI=1S/C26H26N10O2/c1-27-26(37)23-20(31-19-6-4-5-18(24(19)38-3)25-30-15-36(2)35-25)11-22(33-34-23)32-21-10-9-16(14-29-21)7-8-17-12-28-13-17/h4-6,9-11,14-15,17,28H,12-13H2,1-3H3,(H,27,37)(H2,29,31,32,33). The first-order valence-corrected chi connectivity index (χ1v) is 11.9. The van der Waals surface area contributed by atoms with E-state index in [4.69, 9.17) is 4.74 Å². The Morgan fingerprint density at radius 3 is 2.63 bits per heavy atom. The van der Waals surface area contributed by atoms with E-state index in [1.165, 1.54) is 7.05 Å². The van der Waals surface area contributed by atoms with Crippen LogP contribution < -0.4 is 26.0 Å². The Morgan fingerprint density at radius 2 is 1.97 bits per heavy atom. The lowest BCUT2D eigenvalue weighted by Crippen LogP contribution is -2.40. The van der Waals surface area contributed by atoms with Crippen molar-refractivity contribution in [3.63, 3.8) is 0 Å². The molecule has 0 bridgehead atoms. The van der Waals surface area contributed by atoms with Gasteiger partial charge in [0.05, 0.1) is 24.0 Å². The molecule has 0 aliphatic carbocycles. The molecule has 38 heavy (non-hydrogen) atoms. The van der Waals surface area contributed by atoms with Gasteiger partial charge in [0.15, 0.2) is 23.1 Å². The summed E-state index contributed by atoms with van der Waals surface area (Å²) in [6.07, 6.45) is 3.32. The zero-order valence-corrected chi connectivity index (χ0v) is 21.1. The van der Waals surface area contributed by atoms with E-state index in [2.05, 4.69) is 58.4 Å². The SMILES string of the molecule is CNC(=O)c1nnc(Nc2ccc(C#CC3CNC3)cn2)cc1Nc1cccc(-c2ncn(C)n2)c1OC. The van der Waals surface area contributed by atoms with Crippen molar-refractivity contribution in [1.82, 2.24) is 40.6 Å². The number of methoxy groups -OCH3 is 1. The number of aromatic nitrogens is 6. The lowest BCUT2D eigenvalue weighted by atomic mass is 10.0. The topological polar surface area (TPSA) is 144 Å². The van der Waals surface area contributed by atoms with Crippen LogP contribution in [0.1, 0.15) is 16.1 Å². The van der Waals surface area contributed by atoms with Crippen LogP contribution in [0.4, 0.5) is 23.0 Å². The van der Waals surface area contributed by atoms with Gasteiger partial charge in [0, 0.05) is 50.9 Å². The molecule has 5 rings (SSSR count). The van der Waals surface area contributed by atoms with Crippen LogP contribution in [0, 0.1) is 17.8 Å². The van der Waals surface area contributed by atoms with Gasteiger partial charge < -0.3 is 26.0 Å². The molecule has 0 atom stereocenters. The number of nitrogens with zero attached hydrogens (tertiary/aromatic N) is 6. The zero-order valence-electron chi connectivity index (χ0n) is 21.1. The van der Waals surface area contributed by atoms with Crippen molar-refractivity contribution in [2.24, 2.45) is 13.0 Å². The summed E-state index contributed by atoms with van der Waals surface area (Å²) in [5.41, 5.74) is 2.67. The Balaban J connectivity index is 1.42. The smallest absolute Gasteiger partial charge is 0.273 e. The summed E-state index contributed by atoms with van der Waals surface area (Å²) in [7, 11) is 4.89. The molecule has 0 unspecified atom stereocenters. The number of pyridine rings is 1. The highest BCUT2D eigenvalue weighted by Gasteiger charge is 2.19. The first-order chi connectivity index (χ1) is 18.5. The zero-order chi connectivity index (χ0) is 26.5. The molecule has 1 aliphatic heterocycles. The summed E-state index contributed by atoms with van der Waals surface area (Å²) in [5, 5.41) is 24.9. The van der Waals surface area contributed by atoms with E-state index >= 15 is 0 Å². The first kappa shape index (κ1) is 24.7. The van der Waals surface area contributed by atoms with Crippen LogP contribution in [0.3, 0.4) is 0 Å². The summed E-state index contributed by atoms with van der Waals surface area (Å²) < 4.78 is 7.31. The quantitative estimate of drug-likeness (QED) is 0.273. The number of anilines is 4. The molecule has 0 spiro atoms. The van der Waals surface area contributed by atoms with Gasteiger partial charge in [-0.1, -0.05) is 17.9 Å². The van der Waals surface area contributed by atoms with E-state index in [0.717, 1.165) is 18.7 Å². The van der Waals surface area contributed by atoms with Crippen molar-refractivity contribution in [3.8, 4) is 29.0 Å². The van der Waals surface area contributed by atoms with Gasteiger partial charge >= 0.3 is 0 Å². The van der Waals surface area contributed by atoms with E-state index in [1.54, 1.807) is 37.4 Å². The molecule has 1 amide bonds. The maximum Gasteiger partial charge on any atom is 0.273 e. The van der Waals surface area contributed by atoms with Crippen molar-refractivity contribution in [1.29, 1.82) is 0 Å². The summed E-state index contributed by atoms with van der Waals surface area (Å²) in [5.74, 6) is 8.36. The second kappa shape index (κ2) is 10.9. The fourth-order valence-electron chi connectivity index (χ4n) is 3.72. The highest BCUT2D eigenvalue weighted by Crippen LogP contribution is 2.37. The molecule has 1 aromatic carbocycles. The van der Waals surface area contributed by atoms with Gasteiger partial charge in [0.2, 0.25) is 0 Å². The molecule has 12 nitrogen and oxygen atoms in total. The number of rotatable bonds is 7. The normalized spacial score (nSPS) is 12.6. The number of amides is 1. The Morgan fingerprint density at radius 1 is 1.11 bits per heavy atom. The van der Waals surface area contributed by atoms with Crippen molar-refractivity contribution in [2.75, 3.05) is 37.9 Å². The fraction of sp³-hybridized carbons (Fsp3) is 0.231. The summed E-state index contributed by atoms with van der Waals surface area (Å²) in [6.45, 7) is 1.86. The summed E-state index contributed by atoms with van der Waals surface area (Å²) in [4.78, 5) is 21.3. The van der Waals surface area contributed by atoms with Crippen LogP contribution in [-0.4, -0.2) is 63.1 Å². The molecule has 0 saturated carbocycles. The van der Waals surface area contributed by atoms with Crippen LogP contribution in [0.25, 0.3) is 11.4 Å². The van der Waals surface area contributed by atoms with Gasteiger partial charge in [-0.05, 0) is 24.3 Å². The Labute approximate surface area is 219 Å². The predicted octanol–water partition coefficient (Wildman–Crippen LogP) is 2.09. The van der Waals surface area contributed by atoms with E-state index in [0.29, 0.717) is 46.1 Å². The average Bonchev–Trinajstić information content (AvgIpc) is 3.34. The highest BCUT2D eigenvalue weighted by atomic mass is 16.5. The Hall–Kier alpha value is -5.02. The van der Waals surface area contributed by atoms with Gasteiger partial charge in [0.1, 0.15) is 12.1 Å².